The molecule has 0 amide bonds. The number of benzene rings is 2. The fourth-order valence-electron chi connectivity index (χ4n) is 3.23. The first-order valence-electron chi connectivity index (χ1n) is 8.45. The number of rotatable bonds is 2. The molecule has 0 saturated heterocycles. The zero-order valence-electron chi connectivity index (χ0n) is 14.2. The molecule has 0 N–H and O–H groups in total. The summed E-state index contributed by atoms with van der Waals surface area (Å²) in [7, 11) is 0. The molecule has 5 heteroatoms. The van der Waals surface area contributed by atoms with E-state index in [-0.39, 0.29) is 18.2 Å². The Kier molecular flexibility index (Phi) is 4.23. The molecule has 2 heterocycles. The van der Waals surface area contributed by atoms with Crippen molar-refractivity contribution in [3.63, 3.8) is 0 Å². The van der Waals surface area contributed by atoms with E-state index in [1.165, 1.54) is 12.1 Å². The molecular formula is C21H17F3O2. The van der Waals surface area contributed by atoms with Gasteiger partial charge in [0.05, 0.1) is 6.61 Å². The number of ether oxygens (including phenoxy) is 2. The van der Waals surface area contributed by atoms with Gasteiger partial charge < -0.3 is 9.47 Å². The van der Waals surface area contributed by atoms with Gasteiger partial charge in [-0.15, -0.1) is 0 Å². The molecule has 2 aromatic rings. The second-order valence-corrected chi connectivity index (χ2v) is 6.75. The standard InChI is InChI=1S/C21H17F3O2/c1-12-4-15-7-18(23)14(8-20(15)25-10-12)3-2-13-5-16-6-17(22)9-19(24)21(16)26-11-13/h2-3,5-9,12H,4,10-11H2,1H3/b3-2+. The van der Waals surface area contributed by atoms with Gasteiger partial charge in [-0.25, -0.2) is 13.2 Å². The summed E-state index contributed by atoms with van der Waals surface area (Å²) in [5.74, 6) is -0.621. The van der Waals surface area contributed by atoms with Crippen molar-refractivity contribution in [1.29, 1.82) is 0 Å². The zero-order chi connectivity index (χ0) is 18.3. The summed E-state index contributed by atoms with van der Waals surface area (Å²) in [6.07, 6.45) is 5.73. The third-order valence-electron chi connectivity index (χ3n) is 4.51. The van der Waals surface area contributed by atoms with Crippen LogP contribution in [0.25, 0.3) is 12.2 Å². The molecule has 0 bridgehead atoms. The van der Waals surface area contributed by atoms with E-state index in [9.17, 15) is 13.2 Å². The first-order valence-corrected chi connectivity index (χ1v) is 8.45. The highest BCUT2D eigenvalue weighted by Gasteiger charge is 2.19. The monoisotopic (exact) mass is 358 g/mol. The van der Waals surface area contributed by atoms with Crippen molar-refractivity contribution in [1.82, 2.24) is 0 Å². The quantitative estimate of drug-likeness (QED) is 0.738. The van der Waals surface area contributed by atoms with Crippen LogP contribution in [0.3, 0.4) is 0 Å². The van der Waals surface area contributed by atoms with Crippen molar-refractivity contribution >= 4 is 12.2 Å². The predicted octanol–water partition coefficient (Wildman–Crippen LogP) is 5.16. The van der Waals surface area contributed by atoms with Gasteiger partial charge in [-0.3, -0.25) is 0 Å². The lowest BCUT2D eigenvalue weighted by Crippen LogP contribution is -2.18. The Morgan fingerprint density at radius 2 is 1.85 bits per heavy atom. The Bertz CT molecular complexity index is 931. The van der Waals surface area contributed by atoms with Gasteiger partial charge in [0, 0.05) is 17.2 Å². The summed E-state index contributed by atoms with van der Waals surface area (Å²) in [5.41, 5.74) is 2.29. The predicted molar refractivity (Wildman–Crippen MR) is 93.6 cm³/mol. The molecule has 2 nitrogen and oxygen atoms in total. The summed E-state index contributed by atoms with van der Waals surface area (Å²) < 4.78 is 52.4. The van der Waals surface area contributed by atoms with Crippen molar-refractivity contribution in [3.05, 3.63) is 70.1 Å². The first kappa shape index (κ1) is 16.8. The van der Waals surface area contributed by atoms with E-state index < -0.39 is 11.6 Å². The maximum Gasteiger partial charge on any atom is 0.168 e. The van der Waals surface area contributed by atoms with E-state index in [4.69, 9.17) is 9.47 Å². The number of hydrogen-bond acceptors (Lipinski definition) is 2. The molecule has 0 fully saturated rings. The van der Waals surface area contributed by atoms with Crippen molar-refractivity contribution in [2.24, 2.45) is 5.92 Å². The smallest absolute Gasteiger partial charge is 0.168 e. The molecule has 2 aromatic carbocycles. The van der Waals surface area contributed by atoms with Gasteiger partial charge in [0.2, 0.25) is 0 Å². The summed E-state index contributed by atoms with van der Waals surface area (Å²) >= 11 is 0. The SMILES string of the molecule is CC1COc2cc(/C=C/C3=Cc4cc(F)cc(F)c4OC3)c(F)cc2C1. The first-order chi connectivity index (χ1) is 12.5. The van der Waals surface area contributed by atoms with Gasteiger partial charge in [0.25, 0.3) is 0 Å². The van der Waals surface area contributed by atoms with E-state index in [0.717, 1.165) is 18.1 Å². The van der Waals surface area contributed by atoms with Crippen molar-refractivity contribution in [2.75, 3.05) is 13.2 Å². The number of halogens is 3. The van der Waals surface area contributed by atoms with Crippen LogP contribution in [0.2, 0.25) is 0 Å². The molecule has 0 aromatic heterocycles. The maximum atomic E-state index is 14.3. The minimum Gasteiger partial charge on any atom is -0.493 e. The number of fused-ring (bicyclic) bond motifs is 2. The van der Waals surface area contributed by atoms with Gasteiger partial charge in [-0.05, 0) is 47.8 Å². The molecule has 1 unspecified atom stereocenters. The van der Waals surface area contributed by atoms with Crippen LogP contribution in [0.1, 0.15) is 23.6 Å². The van der Waals surface area contributed by atoms with Gasteiger partial charge in [0.15, 0.2) is 11.6 Å². The molecular weight excluding hydrogens is 341 g/mol. The molecule has 2 aliphatic rings. The van der Waals surface area contributed by atoms with Crippen molar-refractivity contribution in [2.45, 2.75) is 13.3 Å². The lowest BCUT2D eigenvalue weighted by Gasteiger charge is -2.23. The van der Waals surface area contributed by atoms with Crippen LogP contribution in [0, 0.1) is 23.4 Å². The van der Waals surface area contributed by atoms with Crippen LogP contribution in [0.5, 0.6) is 11.5 Å². The second kappa shape index (κ2) is 6.56. The molecule has 0 saturated carbocycles. The molecule has 26 heavy (non-hydrogen) atoms. The van der Waals surface area contributed by atoms with E-state index in [1.807, 2.05) is 0 Å². The largest absolute Gasteiger partial charge is 0.493 e. The van der Waals surface area contributed by atoms with Crippen LogP contribution in [0.15, 0.2) is 35.9 Å². The van der Waals surface area contributed by atoms with Gasteiger partial charge in [0.1, 0.15) is 24.0 Å². The lowest BCUT2D eigenvalue weighted by molar-refractivity contribution is 0.233. The Morgan fingerprint density at radius 3 is 2.69 bits per heavy atom. The minimum absolute atomic E-state index is 0.0334. The molecule has 134 valence electrons. The van der Waals surface area contributed by atoms with E-state index >= 15 is 0 Å². The van der Waals surface area contributed by atoms with E-state index in [1.54, 1.807) is 24.3 Å². The van der Waals surface area contributed by atoms with Gasteiger partial charge in [-0.1, -0.05) is 19.1 Å². The Balaban J connectivity index is 1.62. The van der Waals surface area contributed by atoms with Gasteiger partial charge in [-0.2, -0.15) is 0 Å². The normalized spacial score (nSPS) is 18.6. The van der Waals surface area contributed by atoms with Crippen LogP contribution < -0.4 is 9.47 Å². The fraction of sp³-hybridized carbons (Fsp3) is 0.238. The van der Waals surface area contributed by atoms with Crippen LogP contribution in [0.4, 0.5) is 13.2 Å². The summed E-state index contributed by atoms with van der Waals surface area (Å²) in [6.45, 7) is 2.81. The molecule has 2 aliphatic heterocycles. The van der Waals surface area contributed by atoms with Crippen molar-refractivity contribution in [3.8, 4) is 11.5 Å². The Morgan fingerprint density at radius 1 is 1.00 bits per heavy atom. The topological polar surface area (TPSA) is 18.5 Å². The zero-order valence-corrected chi connectivity index (χ0v) is 14.2. The number of hydrogen-bond donors (Lipinski definition) is 0. The summed E-state index contributed by atoms with van der Waals surface area (Å²) in [5, 5.41) is 0. The lowest BCUT2D eigenvalue weighted by atomic mass is 9.96. The van der Waals surface area contributed by atoms with Crippen molar-refractivity contribution < 1.29 is 22.6 Å². The summed E-state index contributed by atoms with van der Waals surface area (Å²) in [6, 6.07) is 5.19. The molecule has 1 atom stereocenters. The fourth-order valence-corrected chi connectivity index (χ4v) is 3.23. The van der Waals surface area contributed by atoms with E-state index in [0.29, 0.717) is 35.0 Å². The second-order valence-electron chi connectivity index (χ2n) is 6.75. The van der Waals surface area contributed by atoms with Crippen LogP contribution in [-0.4, -0.2) is 13.2 Å². The summed E-state index contributed by atoms with van der Waals surface area (Å²) in [4.78, 5) is 0. The third kappa shape index (κ3) is 3.21. The average Bonchev–Trinajstić information content (AvgIpc) is 2.59. The Hall–Kier alpha value is -2.69. The van der Waals surface area contributed by atoms with Gasteiger partial charge >= 0.3 is 0 Å². The van der Waals surface area contributed by atoms with Crippen LogP contribution in [-0.2, 0) is 6.42 Å². The molecule has 0 aliphatic carbocycles. The molecule has 0 radical (unpaired) electrons. The highest BCUT2D eigenvalue weighted by molar-refractivity contribution is 5.68. The highest BCUT2D eigenvalue weighted by Crippen LogP contribution is 2.32. The third-order valence-corrected chi connectivity index (χ3v) is 4.51. The average molecular weight is 358 g/mol. The van der Waals surface area contributed by atoms with Crippen LogP contribution >= 0.6 is 0 Å². The maximum absolute atomic E-state index is 14.3. The molecule has 4 rings (SSSR count). The molecule has 0 spiro atoms. The van der Waals surface area contributed by atoms with E-state index in [2.05, 4.69) is 6.92 Å². The highest BCUT2D eigenvalue weighted by atomic mass is 19.1. The Labute approximate surface area is 149 Å². The minimum atomic E-state index is -0.730.